The number of nitrogens with zero attached hydrogens (tertiary/aromatic N) is 3. The van der Waals surface area contributed by atoms with Crippen LogP contribution in [0.5, 0.6) is 11.5 Å². The Kier molecular flexibility index (Phi) is 10.2. The van der Waals surface area contributed by atoms with Crippen LogP contribution in [0, 0.1) is 5.82 Å². The van der Waals surface area contributed by atoms with Crippen molar-refractivity contribution in [3.8, 4) is 11.5 Å². The van der Waals surface area contributed by atoms with Gasteiger partial charge in [-0.2, -0.15) is 4.98 Å². The van der Waals surface area contributed by atoms with Gasteiger partial charge in [0.25, 0.3) is 0 Å². The highest BCUT2D eigenvalue weighted by molar-refractivity contribution is 9.10. The van der Waals surface area contributed by atoms with Crippen LogP contribution in [0.1, 0.15) is 61.8 Å². The van der Waals surface area contributed by atoms with E-state index in [1.54, 1.807) is 30.0 Å². The first kappa shape index (κ1) is 32.4. The Balaban J connectivity index is 1.35. The number of halogens is 3. The van der Waals surface area contributed by atoms with Crippen LogP contribution in [-0.4, -0.2) is 33.9 Å². The number of nitrogens with one attached hydrogen (secondary N) is 1. The predicted molar refractivity (Wildman–Crippen MR) is 180 cm³/mol. The number of carbonyl (C=O) groups is 1. The van der Waals surface area contributed by atoms with E-state index in [-0.39, 0.29) is 11.9 Å². The number of rotatable bonds is 10. The molecule has 1 aromatic heterocycles. The summed E-state index contributed by atoms with van der Waals surface area (Å²) in [5, 5.41) is 9.15. The molecule has 1 unspecified atom stereocenters. The fraction of sp³-hybridized carbons (Fsp3) is 0.324. The summed E-state index contributed by atoms with van der Waals surface area (Å²) >= 11 is 11.0. The lowest BCUT2D eigenvalue weighted by atomic mass is 9.94. The van der Waals surface area contributed by atoms with Gasteiger partial charge in [0.15, 0.2) is 11.5 Å². The minimum atomic E-state index is -0.682. The smallest absolute Gasteiger partial charge is 0.338 e. The number of anilines is 1. The molecule has 0 spiro atoms. The van der Waals surface area contributed by atoms with Crippen LogP contribution in [0.25, 0.3) is 0 Å². The number of fused-ring (bicyclic) bond motifs is 1. The molecule has 0 bridgehead atoms. The lowest BCUT2D eigenvalue weighted by Gasteiger charge is -2.30. The van der Waals surface area contributed by atoms with Crippen molar-refractivity contribution in [1.29, 1.82) is 0 Å². The van der Waals surface area contributed by atoms with E-state index in [0.717, 1.165) is 43.2 Å². The van der Waals surface area contributed by atoms with E-state index in [1.807, 2.05) is 43.3 Å². The summed E-state index contributed by atoms with van der Waals surface area (Å²) in [6, 6.07) is 17.1. The average molecular weight is 728 g/mol. The van der Waals surface area contributed by atoms with E-state index in [2.05, 4.69) is 21.2 Å². The van der Waals surface area contributed by atoms with Gasteiger partial charge in [0, 0.05) is 16.5 Å². The Hall–Kier alpha value is -3.54. The standard InChI is InChI=1S/C34H33BrClFN4O4S/c1-20-29(32(42)45-25-9-4-3-5-10-25)30(41-33(38-20)39-34(40-41)46-19-22-8-6-7-11-27(22)37)23-16-26(35)31(28(17-23)43-2)44-18-21-12-14-24(36)15-13-21/h6-8,11-17,25,30H,3-5,9-10,18-19H2,1-2H3,(H,38,39,40). The second-order valence-corrected chi connectivity index (χ2v) is 13.5. The van der Waals surface area contributed by atoms with Gasteiger partial charge in [-0.1, -0.05) is 60.1 Å². The maximum absolute atomic E-state index is 14.3. The Bertz CT molecular complexity index is 1760. The van der Waals surface area contributed by atoms with Crippen molar-refractivity contribution in [3.05, 3.63) is 104 Å². The second kappa shape index (κ2) is 14.5. The molecule has 0 radical (unpaired) electrons. The topological polar surface area (TPSA) is 87.5 Å². The van der Waals surface area contributed by atoms with Crippen LogP contribution >= 0.6 is 39.3 Å². The molecule has 6 rings (SSSR count). The Morgan fingerprint density at radius 1 is 1.13 bits per heavy atom. The molecule has 1 aliphatic carbocycles. The Labute approximate surface area is 284 Å². The number of ether oxygens (including phenoxy) is 3. The van der Waals surface area contributed by atoms with Gasteiger partial charge in [-0.3, -0.25) is 0 Å². The van der Waals surface area contributed by atoms with Crippen LogP contribution in [0.15, 0.2) is 81.6 Å². The van der Waals surface area contributed by atoms with Crippen LogP contribution in [0.2, 0.25) is 5.02 Å². The highest BCUT2D eigenvalue weighted by atomic mass is 79.9. The number of methoxy groups -OCH3 is 1. The number of esters is 1. The van der Waals surface area contributed by atoms with Gasteiger partial charge in [0.05, 0.1) is 17.2 Å². The third-order valence-corrected chi connectivity index (χ3v) is 9.79. The molecule has 240 valence electrons. The van der Waals surface area contributed by atoms with E-state index in [9.17, 15) is 9.18 Å². The summed E-state index contributed by atoms with van der Waals surface area (Å²) < 4.78 is 34.7. The summed E-state index contributed by atoms with van der Waals surface area (Å²) in [5.74, 6) is 1.12. The van der Waals surface area contributed by atoms with Crippen LogP contribution in [-0.2, 0) is 21.9 Å². The zero-order chi connectivity index (χ0) is 32.2. The van der Waals surface area contributed by atoms with E-state index < -0.39 is 12.0 Å². The summed E-state index contributed by atoms with van der Waals surface area (Å²) in [6.45, 7) is 2.14. The first-order valence-electron chi connectivity index (χ1n) is 15.1. The number of carbonyl (C=O) groups excluding carboxylic acids is 1. The van der Waals surface area contributed by atoms with Crippen molar-refractivity contribution in [2.24, 2.45) is 0 Å². The fourth-order valence-electron chi connectivity index (χ4n) is 5.69. The van der Waals surface area contributed by atoms with Gasteiger partial charge in [-0.05, 0) is 95.6 Å². The molecule has 2 heterocycles. The van der Waals surface area contributed by atoms with Crippen molar-refractivity contribution in [2.45, 2.75) is 68.7 Å². The summed E-state index contributed by atoms with van der Waals surface area (Å²) in [5.41, 5.74) is 3.26. The summed E-state index contributed by atoms with van der Waals surface area (Å²) in [7, 11) is 1.57. The predicted octanol–water partition coefficient (Wildman–Crippen LogP) is 8.88. The van der Waals surface area contributed by atoms with Gasteiger partial charge in [-0.15, -0.1) is 5.10 Å². The van der Waals surface area contributed by atoms with Crippen molar-refractivity contribution >= 4 is 51.2 Å². The minimum Gasteiger partial charge on any atom is -0.493 e. The van der Waals surface area contributed by atoms with E-state index >= 15 is 0 Å². The molecule has 3 aromatic carbocycles. The largest absolute Gasteiger partial charge is 0.493 e. The van der Waals surface area contributed by atoms with Gasteiger partial charge in [0.1, 0.15) is 24.6 Å². The summed E-state index contributed by atoms with van der Waals surface area (Å²) in [6.07, 6.45) is 4.79. The molecule has 0 saturated heterocycles. The van der Waals surface area contributed by atoms with E-state index in [1.165, 1.54) is 17.8 Å². The van der Waals surface area contributed by atoms with Crippen molar-refractivity contribution in [3.63, 3.8) is 0 Å². The molecular weight excluding hydrogens is 695 g/mol. The summed E-state index contributed by atoms with van der Waals surface area (Å²) in [4.78, 5) is 18.6. The highest BCUT2D eigenvalue weighted by Crippen LogP contribution is 2.44. The second-order valence-electron chi connectivity index (χ2n) is 11.2. The maximum Gasteiger partial charge on any atom is 0.338 e. The molecule has 12 heteroatoms. The van der Waals surface area contributed by atoms with E-state index in [0.29, 0.717) is 61.3 Å². The molecule has 1 fully saturated rings. The lowest BCUT2D eigenvalue weighted by molar-refractivity contribution is -0.146. The number of allylic oxidation sites excluding steroid dienone is 1. The third-order valence-electron chi connectivity index (χ3n) is 8.06. The molecule has 1 saturated carbocycles. The molecule has 1 atom stereocenters. The minimum absolute atomic E-state index is 0.129. The number of hydrogen-bond donors (Lipinski definition) is 1. The average Bonchev–Trinajstić information content (AvgIpc) is 3.46. The molecule has 8 nitrogen and oxygen atoms in total. The number of aromatic nitrogens is 3. The number of hydrogen-bond acceptors (Lipinski definition) is 8. The molecular formula is C34H33BrClFN4O4S. The number of benzene rings is 3. The molecule has 4 aromatic rings. The SMILES string of the molecule is COc1cc(C2C(C(=O)OC3CCCCC3)=C(C)Nc3nc(SCc4ccccc4F)nn32)cc(Br)c1OCc1ccc(Cl)cc1. The lowest BCUT2D eigenvalue weighted by Crippen LogP contribution is -2.32. The first-order chi connectivity index (χ1) is 22.3. The molecule has 0 amide bonds. The van der Waals surface area contributed by atoms with Gasteiger partial charge in [-0.25, -0.2) is 13.9 Å². The number of thioether (sulfide) groups is 1. The molecule has 1 N–H and O–H groups in total. The Morgan fingerprint density at radius 3 is 2.63 bits per heavy atom. The normalized spacial score (nSPS) is 16.5. The highest BCUT2D eigenvalue weighted by Gasteiger charge is 2.37. The molecule has 2 aliphatic rings. The third kappa shape index (κ3) is 7.21. The van der Waals surface area contributed by atoms with Gasteiger partial charge in [0.2, 0.25) is 11.1 Å². The van der Waals surface area contributed by atoms with Crippen LogP contribution in [0.3, 0.4) is 0 Å². The maximum atomic E-state index is 14.3. The van der Waals surface area contributed by atoms with Crippen molar-refractivity contribution in [1.82, 2.24) is 14.8 Å². The zero-order valence-electron chi connectivity index (χ0n) is 25.4. The first-order valence-corrected chi connectivity index (χ1v) is 17.2. The van der Waals surface area contributed by atoms with Gasteiger partial charge < -0.3 is 19.5 Å². The van der Waals surface area contributed by atoms with Crippen molar-refractivity contribution in [2.75, 3.05) is 12.4 Å². The Morgan fingerprint density at radius 2 is 1.89 bits per heavy atom. The monoisotopic (exact) mass is 726 g/mol. The fourth-order valence-corrected chi connectivity index (χ4v) is 7.21. The van der Waals surface area contributed by atoms with Crippen molar-refractivity contribution < 1.29 is 23.4 Å². The zero-order valence-corrected chi connectivity index (χ0v) is 28.6. The van der Waals surface area contributed by atoms with Crippen LogP contribution in [0.4, 0.5) is 10.3 Å². The molecule has 1 aliphatic heterocycles. The van der Waals surface area contributed by atoms with Crippen LogP contribution < -0.4 is 14.8 Å². The molecule has 46 heavy (non-hydrogen) atoms. The quantitative estimate of drug-likeness (QED) is 0.128. The van der Waals surface area contributed by atoms with Gasteiger partial charge >= 0.3 is 5.97 Å². The van der Waals surface area contributed by atoms with E-state index in [4.69, 9.17) is 35.9 Å².